The monoisotopic (exact) mass is 275 g/mol. The topological polar surface area (TPSA) is 66.4 Å². The molecule has 1 saturated carbocycles. The van der Waals surface area contributed by atoms with Gasteiger partial charge in [-0.15, -0.1) is 0 Å². The van der Waals surface area contributed by atoms with Gasteiger partial charge in [-0.05, 0) is 31.7 Å². The molecule has 20 heavy (non-hydrogen) atoms. The van der Waals surface area contributed by atoms with E-state index in [-0.39, 0.29) is 17.7 Å². The molecule has 1 aliphatic rings. The van der Waals surface area contributed by atoms with E-state index in [4.69, 9.17) is 5.11 Å². The normalized spacial score (nSPS) is 22.2. The van der Waals surface area contributed by atoms with Gasteiger partial charge in [0.2, 0.25) is 5.91 Å². The third-order valence-electron chi connectivity index (χ3n) is 3.94. The smallest absolute Gasteiger partial charge is 0.306 e. The number of carboxylic acids is 1. The van der Waals surface area contributed by atoms with E-state index in [0.717, 1.165) is 18.4 Å². The summed E-state index contributed by atoms with van der Waals surface area (Å²) in [6.45, 7) is 2.53. The first-order valence-corrected chi connectivity index (χ1v) is 7.12. The fraction of sp³-hybridized carbons (Fsp3) is 0.500. The van der Waals surface area contributed by atoms with E-state index in [9.17, 15) is 9.59 Å². The molecule has 1 aromatic rings. The Morgan fingerprint density at radius 3 is 2.75 bits per heavy atom. The van der Waals surface area contributed by atoms with Crippen LogP contribution in [0.3, 0.4) is 0 Å². The van der Waals surface area contributed by atoms with Crippen LogP contribution < -0.4 is 5.32 Å². The maximum atomic E-state index is 12.1. The number of carbonyl (C=O) groups excluding carboxylic acids is 1. The van der Waals surface area contributed by atoms with Crippen molar-refractivity contribution in [2.75, 3.05) is 0 Å². The number of aliphatic carboxylic acids is 1. The van der Waals surface area contributed by atoms with Crippen molar-refractivity contribution in [2.24, 2.45) is 11.8 Å². The van der Waals surface area contributed by atoms with Crippen molar-refractivity contribution in [2.45, 2.75) is 39.2 Å². The Balaban J connectivity index is 1.87. The summed E-state index contributed by atoms with van der Waals surface area (Å²) in [6, 6.07) is 8.01. The summed E-state index contributed by atoms with van der Waals surface area (Å²) in [4.78, 5) is 23.1. The van der Waals surface area contributed by atoms with Crippen LogP contribution in [0.15, 0.2) is 24.3 Å². The number of carboxylic acid groups (broad SMARTS) is 1. The second-order valence-corrected chi connectivity index (χ2v) is 5.61. The van der Waals surface area contributed by atoms with Crippen LogP contribution in [0, 0.1) is 18.8 Å². The van der Waals surface area contributed by atoms with Crippen molar-refractivity contribution in [3.05, 3.63) is 35.4 Å². The van der Waals surface area contributed by atoms with Gasteiger partial charge < -0.3 is 10.4 Å². The highest BCUT2D eigenvalue weighted by atomic mass is 16.4. The summed E-state index contributed by atoms with van der Waals surface area (Å²) in [5, 5.41) is 12.0. The number of amides is 1. The van der Waals surface area contributed by atoms with E-state index in [0.29, 0.717) is 19.4 Å². The molecule has 4 heteroatoms. The lowest BCUT2D eigenvalue weighted by Crippen LogP contribution is -2.35. The Hall–Kier alpha value is -1.84. The molecule has 2 rings (SSSR count). The van der Waals surface area contributed by atoms with Crippen LogP contribution >= 0.6 is 0 Å². The van der Waals surface area contributed by atoms with Crippen LogP contribution in [0.5, 0.6) is 0 Å². The molecule has 2 atom stereocenters. The summed E-state index contributed by atoms with van der Waals surface area (Å²) in [7, 11) is 0. The third-order valence-corrected chi connectivity index (χ3v) is 3.94. The zero-order valence-corrected chi connectivity index (χ0v) is 11.8. The third kappa shape index (κ3) is 3.83. The van der Waals surface area contributed by atoms with Gasteiger partial charge in [-0.1, -0.05) is 36.2 Å². The van der Waals surface area contributed by atoms with Crippen molar-refractivity contribution in [3.8, 4) is 0 Å². The van der Waals surface area contributed by atoms with E-state index in [1.165, 1.54) is 5.56 Å². The van der Waals surface area contributed by atoms with Gasteiger partial charge in [0.15, 0.2) is 0 Å². The van der Waals surface area contributed by atoms with Crippen molar-refractivity contribution < 1.29 is 14.7 Å². The molecular formula is C16H21NO3. The number of aryl methyl sites for hydroxylation is 1. The Morgan fingerprint density at radius 1 is 1.30 bits per heavy atom. The minimum atomic E-state index is -0.777. The predicted octanol–water partition coefficient (Wildman–Crippen LogP) is 2.50. The van der Waals surface area contributed by atoms with E-state index < -0.39 is 5.97 Å². The molecule has 0 radical (unpaired) electrons. The van der Waals surface area contributed by atoms with Gasteiger partial charge in [-0.25, -0.2) is 0 Å². The van der Waals surface area contributed by atoms with E-state index in [1.54, 1.807) is 0 Å². The van der Waals surface area contributed by atoms with Gasteiger partial charge in [-0.2, -0.15) is 0 Å². The van der Waals surface area contributed by atoms with Crippen LogP contribution in [0.25, 0.3) is 0 Å². The predicted molar refractivity (Wildman–Crippen MR) is 76.1 cm³/mol. The summed E-state index contributed by atoms with van der Waals surface area (Å²) >= 11 is 0. The lowest BCUT2D eigenvalue weighted by molar-refractivity contribution is -0.144. The zero-order valence-electron chi connectivity index (χ0n) is 11.8. The van der Waals surface area contributed by atoms with Crippen molar-refractivity contribution >= 4 is 11.9 Å². The minimum Gasteiger partial charge on any atom is -0.481 e. The van der Waals surface area contributed by atoms with Crippen molar-refractivity contribution in [1.29, 1.82) is 0 Å². The molecule has 0 saturated heterocycles. The van der Waals surface area contributed by atoms with Gasteiger partial charge >= 0.3 is 5.97 Å². The highest BCUT2D eigenvalue weighted by molar-refractivity contribution is 5.80. The largest absolute Gasteiger partial charge is 0.481 e. The summed E-state index contributed by atoms with van der Waals surface area (Å²) in [6.07, 6.45) is 2.77. The molecule has 0 bridgehead atoms. The number of hydrogen-bond acceptors (Lipinski definition) is 2. The van der Waals surface area contributed by atoms with Gasteiger partial charge in [0.05, 0.1) is 5.92 Å². The first kappa shape index (κ1) is 14.6. The Labute approximate surface area is 119 Å². The maximum absolute atomic E-state index is 12.1. The fourth-order valence-corrected chi connectivity index (χ4v) is 2.81. The van der Waals surface area contributed by atoms with Crippen LogP contribution in [0.1, 0.15) is 36.8 Å². The molecule has 0 aliphatic heterocycles. The first-order chi connectivity index (χ1) is 9.56. The van der Waals surface area contributed by atoms with Gasteiger partial charge in [0, 0.05) is 12.5 Å². The van der Waals surface area contributed by atoms with Crippen molar-refractivity contribution in [1.82, 2.24) is 5.32 Å². The van der Waals surface area contributed by atoms with Crippen LogP contribution in [-0.2, 0) is 16.1 Å². The van der Waals surface area contributed by atoms with Crippen LogP contribution in [-0.4, -0.2) is 17.0 Å². The first-order valence-electron chi connectivity index (χ1n) is 7.12. The van der Waals surface area contributed by atoms with Crippen LogP contribution in [0.2, 0.25) is 0 Å². The molecule has 0 aromatic heterocycles. The highest BCUT2D eigenvalue weighted by Gasteiger charge is 2.30. The standard InChI is InChI=1S/C16H21NO3/c1-11-4-2-5-12(8-11)10-17-15(18)13-6-3-7-14(9-13)16(19)20/h2,4-5,8,13-14H,3,6-7,9-10H2,1H3,(H,17,18)(H,19,20)/t13-,14-/m1/s1. The lowest BCUT2D eigenvalue weighted by Gasteiger charge is -2.25. The van der Waals surface area contributed by atoms with E-state index >= 15 is 0 Å². The molecule has 1 aliphatic carbocycles. The number of benzene rings is 1. The second-order valence-electron chi connectivity index (χ2n) is 5.61. The number of carbonyl (C=O) groups is 2. The van der Waals surface area contributed by atoms with Gasteiger partial charge in [0.25, 0.3) is 0 Å². The van der Waals surface area contributed by atoms with E-state index in [2.05, 4.69) is 5.32 Å². The van der Waals surface area contributed by atoms with Crippen LogP contribution in [0.4, 0.5) is 0 Å². The molecule has 0 unspecified atom stereocenters. The number of nitrogens with one attached hydrogen (secondary N) is 1. The Bertz CT molecular complexity index is 498. The SMILES string of the molecule is Cc1cccc(CNC(=O)[C@@H]2CCC[C@@H](C(=O)O)C2)c1. The summed E-state index contributed by atoms with van der Waals surface area (Å²) in [5.41, 5.74) is 2.24. The summed E-state index contributed by atoms with van der Waals surface area (Å²) < 4.78 is 0. The Morgan fingerprint density at radius 2 is 2.05 bits per heavy atom. The molecule has 0 heterocycles. The summed E-state index contributed by atoms with van der Waals surface area (Å²) in [5.74, 6) is -1.31. The average molecular weight is 275 g/mol. The van der Waals surface area contributed by atoms with Gasteiger partial charge in [0.1, 0.15) is 0 Å². The molecule has 1 fully saturated rings. The Kier molecular flexibility index (Phi) is 4.77. The molecule has 2 N–H and O–H groups in total. The fourth-order valence-electron chi connectivity index (χ4n) is 2.81. The molecule has 1 amide bonds. The molecular weight excluding hydrogens is 254 g/mol. The van der Waals surface area contributed by atoms with Crippen molar-refractivity contribution in [3.63, 3.8) is 0 Å². The van der Waals surface area contributed by atoms with Gasteiger partial charge in [-0.3, -0.25) is 9.59 Å². The minimum absolute atomic E-state index is 0.0162. The van der Waals surface area contributed by atoms with E-state index in [1.807, 2.05) is 31.2 Å². The number of hydrogen-bond donors (Lipinski definition) is 2. The average Bonchev–Trinajstić information content (AvgIpc) is 2.45. The number of rotatable bonds is 4. The quantitative estimate of drug-likeness (QED) is 0.887. The maximum Gasteiger partial charge on any atom is 0.306 e. The second kappa shape index (κ2) is 6.55. The lowest BCUT2D eigenvalue weighted by atomic mass is 9.81. The highest BCUT2D eigenvalue weighted by Crippen LogP contribution is 2.29. The molecule has 1 aromatic carbocycles. The zero-order chi connectivity index (χ0) is 14.5. The molecule has 0 spiro atoms. The molecule has 4 nitrogen and oxygen atoms in total. The molecule has 108 valence electrons.